The minimum Gasteiger partial charge on any atom is -0.496 e. The Balaban J connectivity index is 1.80. The molecule has 0 unspecified atom stereocenters. The van der Waals surface area contributed by atoms with Crippen LogP contribution >= 0.6 is 0 Å². The topological polar surface area (TPSA) is 50.8 Å². The Morgan fingerprint density at radius 2 is 1.83 bits per heavy atom. The summed E-state index contributed by atoms with van der Waals surface area (Å²) in [6, 6.07) is 14.0. The van der Waals surface area contributed by atoms with E-state index in [4.69, 9.17) is 9.47 Å². The minimum absolute atomic E-state index is 0.0287. The highest BCUT2D eigenvalue weighted by molar-refractivity contribution is 5.96. The first-order valence-electron chi connectivity index (χ1n) is 10.8. The lowest BCUT2D eigenvalue weighted by Gasteiger charge is -2.40. The number of piperidine rings is 1. The quantitative estimate of drug-likeness (QED) is 0.811. The number of nitrogens with one attached hydrogen (secondary N) is 1. The van der Waals surface area contributed by atoms with E-state index >= 15 is 0 Å². The molecule has 30 heavy (non-hydrogen) atoms. The predicted octanol–water partition coefficient (Wildman–Crippen LogP) is 4.12. The molecule has 0 radical (unpaired) electrons. The van der Waals surface area contributed by atoms with Crippen molar-refractivity contribution in [3.63, 3.8) is 0 Å². The molecule has 0 bridgehead atoms. The molecule has 4 rings (SSSR count). The Kier molecular flexibility index (Phi) is 5.82. The molecule has 5 heteroatoms. The number of nitrogens with zero attached hydrogens (tertiary/aromatic N) is 1. The van der Waals surface area contributed by atoms with Crippen molar-refractivity contribution in [2.75, 3.05) is 33.3 Å². The second-order valence-corrected chi connectivity index (χ2v) is 7.86. The van der Waals surface area contributed by atoms with Crippen molar-refractivity contribution in [3.8, 4) is 11.5 Å². The molecule has 2 heterocycles. The zero-order valence-corrected chi connectivity index (χ0v) is 18.0. The van der Waals surface area contributed by atoms with Crippen molar-refractivity contribution >= 4 is 11.5 Å². The van der Waals surface area contributed by atoms with E-state index in [1.807, 2.05) is 55.1 Å². The Morgan fingerprint density at radius 3 is 2.53 bits per heavy atom. The van der Waals surface area contributed by atoms with Crippen LogP contribution in [0.2, 0.25) is 0 Å². The van der Waals surface area contributed by atoms with Crippen LogP contribution in [-0.4, -0.2) is 49.7 Å². The summed E-state index contributed by atoms with van der Waals surface area (Å²) in [7, 11) is 1.66. The molecule has 1 spiro atoms. The van der Waals surface area contributed by atoms with Gasteiger partial charge in [0.15, 0.2) is 0 Å². The summed E-state index contributed by atoms with van der Waals surface area (Å²) < 4.78 is 12.3. The molecular formula is C25H30N2O3. The molecule has 1 amide bonds. The van der Waals surface area contributed by atoms with Crippen LogP contribution in [0.5, 0.6) is 11.5 Å². The first-order chi connectivity index (χ1) is 14.6. The van der Waals surface area contributed by atoms with Crippen molar-refractivity contribution in [2.45, 2.75) is 32.3 Å². The fourth-order valence-corrected chi connectivity index (χ4v) is 4.43. The number of benzene rings is 2. The highest BCUT2D eigenvalue weighted by atomic mass is 16.5. The lowest BCUT2D eigenvalue weighted by Crippen LogP contribution is -2.46. The van der Waals surface area contributed by atoms with E-state index in [0.29, 0.717) is 24.4 Å². The number of hydrogen-bond donors (Lipinski definition) is 1. The van der Waals surface area contributed by atoms with Gasteiger partial charge in [0.2, 0.25) is 0 Å². The fourth-order valence-electron chi connectivity index (χ4n) is 4.43. The van der Waals surface area contributed by atoms with Gasteiger partial charge in [-0.1, -0.05) is 18.2 Å². The van der Waals surface area contributed by atoms with Crippen molar-refractivity contribution in [2.24, 2.45) is 0 Å². The van der Waals surface area contributed by atoms with Gasteiger partial charge in [0.1, 0.15) is 17.1 Å². The summed E-state index contributed by atoms with van der Waals surface area (Å²) in [4.78, 5) is 14.7. The number of hydrogen-bond acceptors (Lipinski definition) is 4. The van der Waals surface area contributed by atoms with Crippen molar-refractivity contribution in [1.82, 2.24) is 10.2 Å². The SMILES string of the molecule is CCN(CC)C(=O)c1ccc(C2=CC3(CCNCC3)Oc3ccccc32)c(OC)c1. The highest BCUT2D eigenvalue weighted by Crippen LogP contribution is 2.44. The lowest BCUT2D eigenvalue weighted by molar-refractivity contribution is 0.0772. The molecule has 2 aliphatic rings. The number of methoxy groups -OCH3 is 1. The maximum atomic E-state index is 12.8. The van der Waals surface area contributed by atoms with Crippen LogP contribution < -0.4 is 14.8 Å². The molecule has 0 saturated carbocycles. The second-order valence-electron chi connectivity index (χ2n) is 7.86. The molecule has 2 aromatic rings. The summed E-state index contributed by atoms with van der Waals surface area (Å²) in [5, 5.41) is 3.42. The van der Waals surface area contributed by atoms with Crippen molar-refractivity contribution < 1.29 is 14.3 Å². The van der Waals surface area contributed by atoms with Gasteiger partial charge >= 0.3 is 0 Å². The van der Waals surface area contributed by atoms with Gasteiger partial charge in [0, 0.05) is 42.6 Å². The average molecular weight is 407 g/mol. The molecule has 0 atom stereocenters. The van der Waals surface area contributed by atoms with Gasteiger partial charge < -0.3 is 19.7 Å². The van der Waals surface area contributed by atoms with Gasteiger partial charge in [-0.05, 0) is 62.9 Å². The summed E-state index contributed by atoms with van der Waals surface area (Å²) in [6.45, 7) is 7.23. The summed E-state index contributed by atoms with van der Waals surface area (Å²) in [5.41, 5.74) is 3.50. The molecule has 2 aromatic carbocycles. The van der Waals surface area contributed by atoms with E-state index in [2.05, 4.69) is 17.5 Å². The molecule has 1 fully saturated rings. The Hall–Kier alpha value is -2.79. The molecule has 2 aliphatic heterocycles. The Labute approximate surface area is 178 Å². The van der Waals surface area contributed by atoms with E-state index in [1.54, 1.807) is 7.11 Å². The third-order valence-corrected chi connectivity index (χ3v) is 6.14. The number of carbonyl (C=O) groups excluding carboxylic acids is 1. The number of rotatable bonds is 5. The van der Waals surface area contributed by atoms with E-state index < -0.39 is 0 Å². The average Bonchev–Trinajstić information content (AvgIpc) is 2.79. The normalized spacial score (nSPS) is 17.0. The summed E-state index contributed by atoms with van der Waals surface area (Å²) >= 11 is 0. The van der Waals surface area contributed by atoms with Crippen molar-refractivity contribution in [1.29, 1.82) is 0 Å². The standard InChI is InChI=1S/C25H30N2O3/c1-4-27(5-2)24(28)18-10-11-20(23(16-18)29-3)21-17-25(12-14-26-15-13-25)30-22-9-7-6-8-19(21)22/h6-11,16-17,26H,4-5,12-15H2,1-3H3. The van der Waals surface area contributed by atoms with Gasteiger partial charge in [-0.3, -0.25) is 4.79 Å². The first kappa shape index (κ1) is 20.5. The van der Waals surface area contributed by atoms with Crippen LogP contribution in [-0.2, 0) is 0 Å². The smallest absolute Gasteiger partial charge is 0.253 e. The maximum Gasteiger partial charge on any atom is 0.253 e. The van der Waals surface area contributed by atoms with Gasteiger partial charge in [0.05, 0.1) is 7.11 Å². The highest BCUT2D eigenvalue weighted by Gasteiger charge is 2.37. The molecule has 158 valence electrons. The zero-order valence-electron chi connectivity index (χ0n) is 18.0. The van der Waals surface area contributed by atoms with Crippen LogP contribution in [0.15, 0.2) is 48.5 Å². The maximum absolute atomic E-state index is 12.8. The molecule has 1 N–H and O–H groups in total. The second kappa shape index (κ2) is 8.52. The number of ether oxygens (including phenoxy) is 2. The van der Waals surface area contributed by atoms with Crippen LogP contribution in [0.3, 0.4) is 0 Å². The first-order valence-corrected chi connectivity index (χ1v) is 10.8. The van der Waals surface area contributed by atoms with Crippen LogP contribution in [0.4, 0.5) is 0 Å². The number of amides is 1. The van der Waals surface area contributed by atoms with E-state index in [-0.39, 0.29) is 11.5 Å². The number of para-hydroxylation sites is 1. The third kappa shape index (κ3) is 3.70. The third-order valence-electron chi connectivity index (χ3n) is 6.14. The molecule has 1 saturated heterocycles. The Morgan fingerprint density at radius 1 is 1.10 bits per heavy atom. The van der Waals surface area contributed by atoms with E-state index in [1.165, 1.54) is 0 Å². The minimum atomic E-state index is -0.310. The number of carbonyl (C=O) groups is 1. The van der Waals surface area contributed by atoms with Gasteiger partial charge in [-0.15, -0.1) is 0 Å². The summed E-state index contributed by atoms with van der Waals surface area (Å²) in [5.74, 6) is 1.64. The Bertz CT molecular complexity index is 957. The van der Waals surface area contributed by atoms with E-state index in [9.17, 15) is 4.79 Å². The zero-order chi connectivity index (χ0) is 21.1. The van der Waals surface area contributed by atoms with Crippen LogP contribution in [0.1, 0.15) is 48.2 Å². The van der Waals surface area contributed by atoms with Crippen molar-refractivity contribution in [3.05, 3.63) is 65.2 Å². The fraction of sp³-hybridized carbons (Fsp3) is 0.400. The van der Waals surface area contributed by atoms with E-state index in [0.717, 1.165) is 48.4 Å². The van der Waals surface area contributed by atoms with Crippen LogP contribution in [0, 0.1) is 0 Å². The molecule has 0 aliphatic carbocycles. The molecule has 0 aromatic heterocycles. The van der Waals surface area contributed by atoms with Crippen LogP contribution in [0.25, 0.3) is 5.57 Å². The molecule has 5 nitrogen and oxygen atoms in total. The van der Waals surface area contributed by atoms with Gasteiger partial charge in [-0.2, -0.15) is 0 Å². The van der Waals surface area contributed by atoms with Gasteiger partial charge in [0.25, 0.3) is 5.91 Å². The lowest BCUT2D eigenvalue weighted by atomic mass is 9.83. The monoisotopic (exact) mass is 406 g/mol. The largest absolute Gasteiger partial charge is 0.496 e. The predicted molar refractivity (Wildman–Crippen MR) is 119 cm³/mol. The summed E-state index contributed by atoms with van der Waals surface area (Å²) in [6.07, 6.45) is 4.11. The van der Waals surface area contributed by atoms with Gasteiger partial charge in [-0.25, -0.2) is 0 Å². The number of fused-ring (bicyclic) bond motifs is 1. The molecular weight excluding hydrogens is 376 g/mol.